The first-order chi connectivity index (χ1) is 5.90. The Labute approximate surface area is 68.4 Å². The van der Waals surface area contributed by atoms with Crippen molar-refractivity contribution >= 4 is 11.0 Å². The summed E-state index contributed by atoms with van der Waals surface area (Å²) in [7, 11) is 0. The molecule has 0 atom stereocenters. The summed E-state index contributed by atoms with van der Waals surface area (Å²) >= 11 is 0. The summed E-state index contributed by atoms with van der Waals surface area (Å²) in [6.07, 6.45) is 1.61. The number of hydrogen-bond donors (Lipinski definition) is 1. The van der Waals surface area contributed by atoms with E-state index in [4.69, 9.17) is 10.3 Å². The quantitative estimate of drug-likeness (QED) is 0.542. The first-order valence-corrected chi connectivity index (χ1v) is 3.41. The fourth-order valence-corrected chi connectivity index (χ4v) is 1.05. The van der Waals surface area contributed by atoms with Gasteiger partial charge in [0, 0.05) is 5.39 Å². The molecular formula is C8H7NO3. The van der Waals surface area contributed by atoms with Crippen LogP contribution in [0, 0.1) is 0 Å². The minimum absolute atomic E-state index is 0.548. The van der Waals surface area contributed by atoms with Gasteiger partial charge in [0.25, 0.3) is 0 Å². The molecule has 62 valence electrons. The molecule has 1 aromatic carbocycles. The minimum atomic E-state index is 0.548. The molecule has 0 spiro atoms. The Balaban J connectivity index is 2.46. The Kier molecular flexibility index (Phi) is 1.69. The maximum absolute atomic E-state index is 5.12. The predicted molar refractivity (Wildman–Crippen MR) is 42.1 cm³/mol. The van der Waals surface area contributed by atoms with Gasteiger partial charge in [0.2, 0.25) is 0 Å². The van der Waals surface area contributed by atoms with Gasteiger partial charge in [-0.3, -0.25) is 0 Å². The van der Waals surface area contributed by atoms with Crippen LogP contribution in [0.25, 0.3) is 11.0 Å². The normalized spacial score (nSPS) is 10.4. The molecule has 2 rings (SSSR count). The largest absolute Gasteiger partial charge is 0.464 e. The molecular weight excluding hydrogens is 158 g/mol. The number of hydrogen-bond acceptors (Lipinski definition) is 4. The molecule has 12 heavy (non-hydrogen) atoms. The summed E-state index contributed by atoms with van der Waals surface area (Å²) in [6, 6.07) is 7.09. The van der Waals surface area contributed by atoms with E-state index in [1.54, 1.807) is 24.5 Å². The maximum atomic E-state index is 5.12. The van der Waals surface area contributed by atoms with Gasteiger partial charge in [-0.25, -0.2) is 0 Å². The van der Waals surface area contributed by atoms with Crippen molar-refractivity contribution in [3.8, 4) is 5.75 Å². The van der Waals surface area contributed by atoms with Gasteiger partial charge in [-0.1, -0.05) is 4.99 Å². The predicted octanol–water partition coefficient (Wildman–Crippen LogP) is 1.62. The molecule has 0 aliphatic rings. The van der Waals surface area contributed by atoms with Crippen LogP contribution < -0.4 is 10.8 Å². The summed E-state index contributed by atoms with van der Waals surface area (Å²) < 4.78 is 5.12. The zero-order valence-corrected chi connectivity index (χ0v) is 6.19. The van der Waals surface area contributed by atoms with Gasteiger partial charge in [-0.05, 0) is 24.3 Å². The fraction of sp³-hybridized carbons (Fsp3) is 0. The Morgan fingerprint density at radius 2 is 2.17 bits per heavy atom. The van der Waals surface area contributed by atoms with Crippen molar-refractivity contribution in [2.24, 2.45) is 5.90 Å². The molecule has 1 heterocycles. The van der Waals surface area contributed by atoms with Crippen LogP contribution in [-0.2, 0) is 4.99 Å². The highest BCUT2D eigenvalue weighted by molar-refractivity contribution is 5.78. The van der Waals surface area contributed by atoms with Crippen molar-refractivity contribution in [3.05, 3.63) is 30.5 Å². The molecule has 0 fully saturated rings. The highest BCUT2D eigenvalue weighted by Gasteiger charge is 1.99. The van der Waals surface area contributed by atoms with Crippen LogP contribution in [0.15, 0.2) is 34.9 Å². The van der Waals surface area contributed by atoms with Crippen LogP contribution in [-0.4, -0.2) is 0 Å². The van der Waals surface area contributed by atoms with Gasteiger partial charge in [0.15, 0.2) is 5.75 Å². The second-order valence-corrected chi connectivity index (χ2v) is 2.30. The molecule has 0 amide bonds. The van der Waals surface area contributed by atoms with E-state index in [0.717, 1.165) is 11.0 Å². The van der Waals surface area contributed by atoms with E-state index in [1.807, 2.05) is 6.07 Å². The average Bonchev–Trinajstić information content (AvgIpc) is 2.51. The molecule has 2 aromatic rings. The Morgan fingerprint density at radius 3 is 3.00 bits per heavy atom. The maximum Gasteiger partial charge on any atom is 0.168 e. The van der Waals surface area contributed by atoms with Crippen LogP contribution in [0.5, 0.6) is 5.75 Å². The van der Waals surface area contributed by atoms with Crippen molar-refractivity contribution in [1.29, 1.82) is 0 Å². The third-order valence-corrected chi connectivity index (χ3v) is 1.57. The molecule has 4 heteroatoms. The third-order valence-electron chi connectivity index (χ3n) is 1.57. The summed E-state index contributed by atoms with van der Waals surface area (Å²) in [6.45, 7) is 0. The summed E-state index contributed by atoms with van der Waals surface area (Å²) in [5.41, 5.74) is 0.805. The van der Waals surface area contributed by atoms with Crippen LogP contribution >= 0.6 is 0 Å². The molecule has 0 unspecified atom stereocenters. The number of benzene rings is 1. The van der Waals surface area contributed by atoms with Crippen molar-refractivity contribution in [1.82, 2.24) is 0 Å². The van der Waals surface area contributed by atoms with E-state index < -0.39 is 0 Å². The van der Waals surface area contributed by atoms with Crippen molar-refractivity contribution < 1.29 is 14.3 Å². The molecule has 4 nitrogen and oxygen atoms in total. The van der Waals surface area contributed by atoms with Crippen LogP contribution in [0.3, 0.4) is 0 Å². The van der Waals surface area contributed by atoms with Gasteiger partial charge < -0.3 is 9.30 Å². The summed E-state index contributed by atoms with van der Waals surface area (Å²) in [5, 5.41) is 0.949. The van der Waals surface area contributed by atoms with Crippen LogP contribution in [0.2, 0.25) is 0 Å². The standard InChI is InChI=1S/C8H7NO3/c9-12-11-7-1-2-8-6(5-7)3-4-10-8/h1-5H,9H2. The van der Waals surface area contributed by atoms with Crippen molar-refractivity contribution in [2.45, 2.75) is 0 Å². The Morgan fingerprint density at radius 1 is 1.25 bits per heavy atom. The highest BCUT2D eigenvalue weighted by atomic mass is 17.3. The van der Waals surface area contributed by atoms with E-state index in [-0.39, 0.29) is 0 Å². The summed E-state index contributed by atoms with van der Waals surface area (Å²) in [4.78, 5) is 8.64. The van der Waals surface area contributed by atoms with Gasteiger partial charge in [0.1, 0.15) is 5.58 Å². The molecule has 0 aliphatic carbocycles. The lowest BCUT2D eigenvalue weighted by molar-refractivity contribution is -0.211. The van der Waals surface area contributed by atoms with E-state index in [1.165, 1.54) is 0 Å². The van der Waals surface area contributed by atoms with Crippen molar-refractivity contribution in [3.63, 3.8) is 0 Å². The van der Waals surface area contributed by atoms with Gasteiger partial charge in [-0.2, -0.15) is 5.90 Å². The van der Waals surface area contributed by atoms with Gasteiger partial charge in [0.05, 0.1) is 6.26 Å². The van der Waals surface area contributed by atoms with E-state index >= 15 is 0 Å². The van der Waals surface area contributed by atoms with Crippen LogP contribution in [0.4, 0.5) is 0 Å². The molecule has 0 aliphatic heterocycles. The second kappa shape index (κ2) is 2.84. The SMILES string of the molecule is NOOc1ccc2occc2c1. The lowest BCUT2D eigenvalue weighted by Crippen LogP contribution is -2.02. The Bertz CT molecular complexity index is 382. The van der Waals surface area contributed by atoms with E-state index in [2.05, 4.69) is 9.88 Å². The average molecular weight is 165 g/mol. The molecule has 2 N–H and O–H groups in total. The number of fused-ring (bicyclic) bond motifs is 1. The number of nitrogens with two attached hydrogens (primary N) is 1. The van der Waals surface area contributed by atoms with Gasteiger partial charge in [-0.15, -0.1) is 0 Å². The Hall–Kier alpha value is -1.52. The molecule has 0 radical (unpaired) electrons. The van der Waals surface area contributed by atoms with Gasteiger partial charge >= 0.3 is 0 Å². The first kappa shape index (κ1) is 7.15. The monoisotopic (exact) mass is 165 g/mol. The zero-order valence-electron chi connectivity index (χ0n) is 6.19. The molecule has 0 saturated carbocycles. The first-order valence-electron chi connectivity index (χ1n) is 3.41. The summed E-state index contributed by atoms with van der Waals surface area (Å²) in [5.74, 6) is 5.28. The lowest BCUT2D eigenvalue weighted by Gasteiger charge is -1.97. The van der Waals surface area contributed by atoms with Crippen molar-refractivity contribution in [2.75, 3.05) is 0 Å². The van der Waals surface area contributed by atoms with Crippen LogP contribution in [0.1, 0.15) is 0 Å². The molecule has 0 bridgehead atoms. The molecule has 0 saturated heterocycles. The third kappa shape index (κ3) is 1.13. The lowest BCUT2D eigenvalue weighted by atomic mass is 10.2. The number of furan rings is 1. The highest BCUT2D eigenvalue weighted by Crippen LogP contribution is 2.21. The molecule has 1 aromatic heterocycles. The van der Waals surface area contributed by atoms with E-state index in [0.29, 0.717) is 5.75 Å². The topological polar surface area (TPSA) is 57.6 Å². The van der Waals surface area contributed by atoms with E-state index in [9.17, 15) is 0 Å². The minimum Gasteiger partial charge on any atom is -0.464 e. The zero-order chi connectivity index (χ0) is 8.39. The smallest absolute Gasteiger partial charge is 0.168 e. The number of rotatable bonds is 2. The fourth-order valence-electron chi connectivity index (χ4n) is 1.05. The second-order valence-electron chi connectivity index (χ2n) is 2.30.